The first-order valence-corrected chi connectivity index (χ1v) is 7.59. The maximum absolute atomic E-state index is 13.5. The highest BCUT2D eigenvalue weighted by molar-refractivity contribution is 6.07. The van der Waals surface area contributed by atoms with Gasteiger partial charge in [-0.05, 0) is 31.0 Å². The Bertz CT molecular complexity index is 842. The molecule has 0 saturated carbocycles. The SMILES string of the molecule is Cc1nc(C(C)C)[nH]c(=O)c1C(=O)N1CCc2ccc(F)cc21. The van der Waals surface area contributed by atoms with Crippen molar-refractivity contribution >= 4 is 11.6 Å². The molecule has 0 saturated heterocycles. The number of aromatic amines is 1. The molecule has 0 spiro atoms. The van der Waals surface area contributed by atoms with E-state index in [9.17, 15) is 14.0 Å². The van der Waals surface area contributed by atoms with Gasteiger partial charge in [0.2, 0.25) is 0 Å². The summed E-state index contributed by atoms with van der Waals surface area (Å²) in [6, 6.07) is 4.39. The van der Waals surface area contributed by atoms with Crippen molar-refractivity contribution in [3.05, 3.63) is 57.0 Å². The van der Waals surface area contributed by atoms with E-state index >= 15 is 0 Å². The third-order valence-corrected chi connectivity index (χ3v) is 4.07. The molecule has 0 radical (unpaired) electrons. The summed E-state index contributed by atoms with van der Waals surface area (Å²) in [5.41, 5.74) is 1.40. The summed E-state index contributed by atoms with van der Waals surface area (Å²) in [6.45, 7) is 5.91. The van der Waals surface area contributed by atoms with Crippen LogP contribution in [0.25, 0.3) is 0 Å². The molecule has 1 N–H and O–H groups in total. The number of benzene rings is 1. The van der Waals surface area contributed by atoms with Crippen LogP contribution in [0.4, 0.5) is 10.1 Å². The normalized spacial score (nSPS) is 13.5. The molecule has 1 aromatic heterocycles. The average molecular weight is 315 g/mol. The molecule has 1 aliphatic rings. The molecule has 6 heteroatoms. The molecule has 5 nitrogen and oxygen atoms in total. The number of aryl methyl sites for hydroxylation is 1. The van der Waals surface area contributed by atoms with Crippen molar-refractivity contribution in [2.24, 2.45) is 0 Å². The number of rotatable bonds is 2. The van der Waals surface area contributed by atoms with Crippen LogP contribution in [0.15, 0.2) is 23.0 Å². The van der Waals surface area contributed by atoms with Crippen LogP contribution in [0.3, 0.4) is 0 Å². The molecule has 120 valence electrons. The fourth-order valence-corrected chi connectivity index (χ4v) is 2.83. The molecule has 3 rings (SSSR count). The number of nitrogens with zero attached hydrogens (tertiary/aromatic N) is 2. The lowest BCUT2D eigenvalue weighted by molar-refractivity contribution is 0.0986. The van der Waals surface area contributed by atoms with Crippen molar-refractivity contribution in [1.29, 1.82) is 0 Å². The molecule has 0 aliphatic carbocycles. The van der Waals surface area contributed by atoms with E-state index < -0.39 is 17.3 Å². The van der Waals surface area contributed by atoms with Gasteiger partial charge >= 0.3 is 0 Å². The van der Waals surface area contributed by atoms with Gasteiger partial charge in [-0.15, -0.1) is 0 Å². The van der Waals surface area contributed by atoms with Gasteiger partial charge in [-0.1, -0.05) is 19.9 Å². The van der Waals surface area contributed by atoms with Crippen LogP contribution < -0.4 is 10.5 Å². The molecule has 23 heavy (non-hydrogen) atoms. The van der Waals surface area contributed by atoms with E-state index in [4.69, 9.17) is 0 Å². The van der Waals surface area contributed by atoms with Crippen LogP contribution in [-0.4, -0.2) is 22.4 Å². The summed E-state index contributed by atoms with van der Waals surface area (Å²) in [7, 11) is 0. The van der Waals surface area contributed by atoms with Gasteiger partial charge in [-0.3, -0.25) is 9.59 Å². The highest BCUT2D eigenvalue weighted by atomic mass is 19.1. The van der Waals surface area contributed by atoms with E-state index in [1.54, 1.807) is 13.0 Å². The van der Waals surface area contributed by atoms with Gasteiger partial charge in [0.05, 0.1) is 11.4 Å². The van der Waals surface area contributed by atoms with Gasteiger partial charge in [0.1, 0.15) is 17.2 Å². The molecule has 0 bridgehead atoms. The van der Waals surface area contributed by atoms with E-state index in [2.05, 4.69) is 9.97 Å². The molecule has 1 aromatic carbocycles. The molecular formula is C17H18FN3O2. The van der Waals surface area contributed by atoms with E-state index in [0.717, 1.165) is 5.56 Å². The second kappa shape index (κ2) is 5.61. The second-order valence-electron chi connectivity index (χ2n) is 6.05. The Labute approximate surface area is 133 Å². The van der Waals surface area contributed by atoms with Gasteiger partial charge in [-0.25, -0.2) is 9.37 Å². The Hall–Kier alpha value is -2.50. The minimum Gasteiger partial charge on any atom is -0.310 e. The lowest BCUT2D eigenvalue weighted by atomic mass is 10.1. The third-order valence-electron chi connectivity index (χ3n) is 4.07. The maximum Gasteiger partial charge on any atom is 0.265 e. The molecule has 1 aliphatic heterocycles. The highest BCUT2D eigenvalue weighted by Crippen LogP contribution is 2.29. The Morgan fingerprint density at radius 3 is 2.78 bits per heavy atom. The lowest BCUT2D eigenvalue weighted by Gasteiger charge is -2.18. The Kier molecular flexibility index (Phi) is 3.75. The molecule has 0 atom stereocenters. The van der Waals surface area contributed by atoms with Gasteiger partial charge in [0.25, 0.3) is 11.5 Å². The summed E-state index contributed by atoms with van der Waals surface area (Å²) < 4.78 is 13.5. The molecular weight excluding hydrogens is 297 g/mol. The number of hydrogen-bond acceptors (Lipinski definition) is 3. The predicted octanol–water partition coefficient (Wildman–Crippen LogP) is 2.54. The van der Waals surface area contributed by atoms with Gasteiger partial charge in [-0.2, -0.15) is 0 Å². The highest BCUT2D eigenvalue weighted by Gasteiger charge is 2.29. The topological polar surface area (TPSA) is 66.1 Å². The number of anilines is 1. The standard InChI is InChI=1S/C17H18FN3O2/c1-9(2)15-19-10(3)14(16(22)20-15)17(23)21-7-6-11-4-5-12(18)8-13(11)21/h4-5,8-9H,6-7H2,1-3H3,(H,19,20,22). The van der Waals surface area contributed by atoms with Crippen molar-refractivity contribution in [2.45, 2.75) is 33.1 Å². The molecule has 2 aromatic rings. The van der Waals surface area contributed by atoms with Crippen LogP contribution >= 0.6 is 0 Å². The van der Waals surface area contributed by atoms with E-state index in [0.29, 0.717) is 30.2 Å². The minimum atomic E-state index is -0.448. The van der Waals surface area contributed by atoms with Gasteiger partial charge < -0.3 is 9.88 Å². The average Bonchev–Trinajstić information content (AvgIpc) is 2.89. The largest absolute Gasteiger partial charge is 0.310 e. The number of halogens is 1. The van der Waals surface area contributed by atoms with Crippen molar-refractivity contribution in [2.75, 3.05) is 11.4 Å². The number of H-pyrrole nitrogens is 1. The summed E-state index contributed by atoms with van der Waals surface area (Å²) in [5, 5.41) is 0. The Morgan fingerprint density at radius 1 is 1.39 bits per heavy atom. The second-order valence-corrected chi connectivity index (χ2v) is 6.05. The third kappa shape index (κ3) is 2.65. The van der Waals surface area contributed by atoms with Crippen molar-refractivity contribution in [3.63, 3.8) is 0 Å². The van der Waals surface area contributed by atoms with Gasteiger partial charge in [0.15, 0.2) is 0 Å². The number of amides is 1. The van der Waals surface area contributed by atoms with E-state index in [1.165, 1.54) is 17.0 Å². The molecule has 2 heterocycles. The van der Waals surface area contributed by atoms with Crippen molar-refractivity contribution in [1.82, 2.24) is 9.97 Å². The van der Waals surface area contributed by atoms with Crippen molar-refractivity contribution in [3.8, 4) is 0 Å². The summed E-state index contributed by atoms with van der Waals surface area (Å²) in [5.74, 6) is -0.220. The molecule has 0 fully saturated rings. The first kappa shape index (κ1) is 15.4. The predicted molar refractivity (Wildman–Crippen MR) is 85.5 cm³/mol. The minimum absolute atomic E-state index is 0.0199. The quantitative estimate of drug-likeness (QED) is 0.926. The van der Waals surface area contributed by atoms with Crippen LogP contribution in [-0.2, 0) is 6.42 Å². The van der Waals surface area contributed by atoms with Crippen molar-refractivity contribution < 1.29 is 9.18 Å². The number of aromatic nitrogens is 2. The number of fused-ring (bicyclic) bond motifs is 1. The summed E-state index contributed by atoms with van der Waals surface area (Å²) in [6.07, 6.45) is 0.649. The summed E-state index contributed by atoms with van der Waals surface area (Å²) >= 11 is 0. The Balaban J connectivity index is 2.04. The number of hydrogen-bond donors (Lipinski definition) is 1. The molecule has 0 unspecified atom stereocenters. The zero-order chi connectivity index (χ0) is 16.7. The monoisotopic (exact) mass is 315 g/mol. The maximum atomic E-state index is 13.5. The van der Waals surface area contributed by atoms with Crippen LogP contribution in [0.2, 0.25) is 0 Å². The van der Waals surface area contributed by atoms with E-state index in [-0.39, 0.29) is 11.5 Å². The van der Waals surface area contributed by atoms with Crippen LogP contribution in [0.5, 0.6) is 0 Å². The van der Waals surface area contributed by atoms with Crippen LogP contribution in [0, 0.1) is 12.7 Å². The zero-order valence-corrected chi connectivity index (χ0v) is 13.3. The fraction of sp³-hybridized carbons (Fsp3) is 0.353. The first-order chi connectivity index (χ1) is 10.9. The number of carbonyl (C=O) groups excluding carboxylic acids is 1. The number of carbonyl (C=O) groups is 1. The van der Waals surface area contributed by atoms with Crippen LogP contribution in [0.1, 0.15) is 47.2 Å². The first-order valence-electron chi connectivity index (χ1n) is 7.59. The van der Waals surface area contributed by atoms with E-state index in [1.807, 2.05) is 13.8 Å². The smallest absolute Gasteiger partial charge is 0.265 e. The number of nitrogens with one attached hydrogen (secondary N) is 1. The fourth-order valence-electron chi connectivity index (χ4n) is 2.83. The molecule has 1 amide bonds. The zero-order valence-electron chi connectivity index (χ0n) is 13.3. The lowest BCUT2D eigenvalue weighted by Crippen LogP contribution is -2.35. The Morgan fingerprint density at radius 2 is 2.13 bits per heavy atom. The van der Waals surface area contributed by atoms with Gasteiger partial charge in [0, 0.05) is 12.5 Å². The summed E-state index contributed by atoms with van der Waals surface area (Å²) in [4.78, 5) is 33.6.